The van der Waals surface area contributed by atoms with Crippen molar-refractivity contribution in [2.75, 3.05) is 39.9 Å². The normalized spacial score (nSPS) is 15.6. The summed E-state index contributed by atoms with van der Waals surface area (Å²) >= 11 is 0. The SMILES string of the molecule is COCCN1CCC(CN(Cc2ccncc2)C(=O)c2ccnnc2)CC1. The number of hydrogen-bond donors (Lipinski definition) is 0. The van der Waals surface area contributed by atoms with Crippen LogP contribution in [-0.4, -0.2) is 70.8 Å². The number of carbonyl (C=O) groups excluding carboxylic acids is 1. The van der Waals surface area contributed by atoms with Gasteiger partial charge in [-0.2, -0.15) is 10.2 Å². The number of likely N-dealkylation sites (tertiary alicyclic amines) is 1. The molecule has 0 spiro atoms. The summed E-state index contributed by atoms with van der Waals surface area (Å²) in [6, 6.07) is 5.64. The Morgan fingerprint density at radius 3 is 2.63 bits per heavy atom. The van der Waals surface area contributed by atoms with Gasteiger partial charge in [0.1, 0.15) is 0 Å². The molecule has 3 rings (SSSR count). The molecule has 7 nitrogen and oxygen atoms in total. The highest BCUT2D eigenvalue weighted by Gasteiger charge is 2.24. The number of amides is 1. The van der Waals surface area contributed by atoms with Crippen molar-refractivity contribution < 1.29 is 9.53 Å². The molecular weight excluding hydrogens is 342 g/mol. The number of aromatic nitrogens is 3. The monoisotopic (exact) mass is 369 g/mol. The minimum atomic E-state index is 0.00326. The fourth-order valence-corrected chi connectivity index (χ4v) is 3.45. The lowest BCUT2D eigenvalue weighted by Gasteiger charge is -2.35. The predicted octanol–water partition coefficient (Wildman–Crippen LogP) is 1.87. The molecule has 3 heterocycles. The van der Waals surface area contributed by atoms with E-state index in [9.17, 15) is 4.79 Å². The van der Waals surface area contributed by atoms with Crippen molar-refractivity contribution >= 4 is 5.91 Å². The molecule has 1 amide bonds. The molecule has 1 fully saturated rings. The minimum Gasteiger partial charge on any atom is -0.383 e. The Hall–Kier alpha value is -2.38. The molecule has 0 bridgehead atoms. The minimum absolute atomic E-state index is 0.00326. The summed E-state index contributed by atoms with van der Waals surface area (Å²) in [5, 5.41) is 7.63. The number of methoxy groups -OCH3 is 1. The highest BCUT2D eigenvalue weighted by atomic mass is 16.5. The predicted molar refractivity (Wildman–Crippen MR) is 102 cm³/mol. The molecular formula is C20H27N5O2. The summed E-state index contributed by atoms with van der Waals surface area (Å²) in [5.74, 6) is 0.507. The average molecular weight is 369 g/mol. The standard InChI is InChI=1S/C20H27N5O2/c1-27-13-12-24-10-5-18(6-11-24)16-25(15-17-2-7-21-8-3-17)20(26)19-4-9-22-23-14-19/h2-4,7-9,14,18H,5-6,10-13,15-16H2,1H3. The molecule has 7 heteroatoms. The molecule has 27 heavy (non-hydrogen) atoms. The molecule has 144 valence electrons. The van der Waals surface area contributed by atoms with Gasteiger partial charge >= 0.3 is 0 Å². The van der Waals surface area contributed by atoms with Crippen LogP contribution < -0.4 is 0 Å². The van der Waals surface area contributed by atoms with Crippen LogP contribution in [0.15, 0.2) is 43.0 Å². The summed E-state index contributed by atoms with van der Waals surface area (Å²) in [4.78, 5) is 21.5. The second-order valence-electron chi connectivity index (χ2n) is 6.95. The molecule has 1 aliphatic rings. The Bertz CT molecular complexity index is 690. The third-order valence-corrected chi connectivity index (χ3v) is 5.04. The van der Waals surface area contributed by atoms with Crippen molar-refractivity contribution in [1.82, 2.24) is 25.0 Å². The maximum Gasteiger partial charge on any atom is 0.255 e. The van der Waals surface area contributed by atoms with E-state index in [4.69, 9.17) is 4.74 Å². The van der Waals surface area contributed by atoms with Crippen molar-refractivity contribution in [2.45, 2.75) is 19.4 Å². The number of carbonyl (C=O) groups is 1. The van der Waals surface area contributed by atoms with Crippen LogP contribution in [0, 0.1) is 5.92 Å². The summed E-state index contributed by atoms with van der Waals surface area (Å²) in [6.45, 7) is 5.19. The van der Waals surface area contributed by atoms with E-state index in [1.807, 2.05) is 17.0 Å². The summed E-state index contributed by atoms with van der Waals surface area (Å²) in [5.41, 5.74) is 1.66. The lowest BCUT2D eigenvalue weighted by molar-refractivity contribution is 0.0657. The van der Waals surface area contributed by atoms with E-state index in [-0.39, 0.29) is 5.91 Å². The number of ether oxygens (including phenoxy) is 1. The zero-order valence-corrected chi connectivity index (χ0v) is 15.8. The summed E-state index contributed by atoms with van der Waals surface area (Å²) < 4.78 is 5.17. The van der Waals surface area contributed by atoms with Gasteiger partial charge in [-0.25, -0.2) is 0 Å². The van der Waals surface area contributed by atoms with Crippen molar-refractivity contribution in [3.8, 4) is 0 Å². The Kier molecular flexibility index (Phi) is 7.24. The number of pyridine rings is 1. The van der Waals surface area contributed by atoms with Gasteiger partial charge in [0.2, 0.25) is 0 Å². The largest absolute Gasteiger partial charge is 0.383 e. The first kappa shape index (κ1) is 19.4. The lowest BCUT2D eigenvalue weighted by Crippen LogP contribution is -2.41. The van der Waals surface area contributed by atoms with E-state index in [0.717, 1.165) is 51.2 Å². The van der Waals surface area contributed by atoms with E-state index < -0.39 is 0 Å². The summed E-state index contributed by atoms with van der Waals surface area (Å²) in [6.07, 6.45) is 8.82. The van der Waals surface area contributed by atoms with Gasteiger partial charge in [-0.3, -0.25) is 9.78 Å². The lowest BCUT2D eigenvalue weighted by atomic mass is 9.95. The molecule has 0 radical (unpaired) electrons. The molecule has 2 aromatic rings. The molecule has 0 saturated carbocycles. The zero-order chi connectivity index (χ0) is 18.9. The van der Waals surface area contributed by atoms with Gasteiger partial charge in [-0.1, -0.05) is 0 Å². The second kappa shape index (κ2) is 10.1. The molecule has 0 unspecified atom stereocenters. The first-order valence-corrected chi connectivity index (χ1v) is 9.42. The van der Waals surface area contributed by atoms with Crippen molar-refractivity contribution in [1.29, 1.82) is 0 Å². The first-order chi connectivity index (χ1) is 13.3. The maximum absolute atomic E-state index is 13.0. The Morgan fingerprint density at radius 1 is 1.19 bits per heavy atom. The van der Waals surface area contributed by atoms with Crippen molar-refractivity contribution in [3.63, 3.8) is 0 Å². The van der Waals surface area contributed by atoms with E-state index in [1.165, 1.54) is 6.20 Å². The highest BCUT2D eigenvalue weighted by molar-refractivity contribution is 5.93. The number of rotatable bonds is 8. The van der Waals surface area contributed by atoms with E-state index in [0.29, 0.717) is 18.0 Å². The van der Waals surface area contributed by atoms with Gasteiger partial charge in [0, 0.05) is 39.1 Å². The summed E-state index contributed by atoms with van der Waals surface area (Å²) in [7, 11) is 1.74. The molecule has 0 N–H and O–H groups in total. The van der Waals surface area contributed by atoms with E-state index in [1.54, 1.807) is 31.8 Å². The van der Waals surface area contributed by atoms with Crippen LogP contribution >= 0.6 is 0 Å². The smallest absolute Gasteiger partial charge is 0.255 e. The number of nitrogens with zero attached hydrogens (tertiary/aromatic N) is 5. The van der Waals surface area contributed by atoms with Crippen LogP contribution in [-0.2, 0) is 11.3 Å². The van der Waals surface area contributed by atoms with Crippen LogP contribution in [0.5, 0.6) is 0 Å². The molecule has 0 atom stereocenters. The molecule has 1 saturated heterocycles. The second-order valence-corrected chi connectivity index (χ2v) is 6.95. The highest BCUT2D eigenvalue weighted by Crippen LogP contribution is 2.20. The topological polar surface area (TPSA) is 71.5 Å². The van der Waals surface area contributed by atoms with Gasteiger partial charge in [0.25, 0.3) is 5.91 Å². The van der Waals surface area contributed by atoms with Crippen LogP contribution in [0.2, 0.25) is 0 Å². The van der Waals surface area contributed by atoms with E-state index in [2.05, 4.69) is 20.1 Å². The fraction of sp³-hybridized carbons (Fsp3) is 0.500. The first-order valence-electron chi connectivity index (χ1n) is 9.42. The van der Waals surface area contributed by atoms with Gasteiger partial charge in [0.05, 0.1) is 24.6 Å². The van der Waals surface area contributed by atoms with Gasteiger partial charge in [-0.05, 0) is 55.6 Å². The average Bonchev–Trinajstić information content (AvgIpc) is 2.73. The van der Waals surface area contributed by atoms with Crippen molar-refractivity contribution in [2.24, 2.45) is 5.92 Å². The number of hydrogen-bond acceptors (Lipinski definition) is 6. The maximum atomic E-state index is 13.0. The van der Waals surface area contributed by atoms with Gasteiger partial charge < -0.3 is 14.5 Å². The van der Waals surface area contributed by atoms with Crippen LogP contribution in [0.25, 0.3) is 0 Å². The fourth-order valence-electron chi connectivity index (χ4n) is 3.45. The zero-order valence-electron chi connectivity index (χ0n) is 15.8. The van der Waals surface area contributed by atoms with Crippen molar-refractivity contribution in [3.05, 3.63) is 54.1 Å². The Balaban J connectivity index is 1.64. The Labute approximate surface area is 160 Å². The number of piperidine rings is 1. The van der Waals surface area contributed by atoms with Crippen LogP contribution in [0.4, 0.5) is 0 Å². The molecule has 0 aliphatic carbocycles. The molecule has 2 aromatic heterocycles. The van der Waals surface area contributed by atoms with Gasteiger partial charge in [-0.15, -0.1) is 0 Å². The quantitative estimate of drug-likeness (QED) is 0.707. The molecule has 1 aliphatic heterocycles. The Morgan fingerprint density at radius 2 is 1.96 bits per heavy atom. The van der Waals surface area contributed by atoms with Crippen LogP contribution in [0.3, 0.4) is 0 Å². The molecule has 0 aromatic carbocycles. The van der Waals surface area contributed by atoms with Crippen LogP contribution in [0.1, 0.15) is 28.8 Å². The third-order valence-electron chi connectivity index (χ3n) is 5.04. The third kappa shape index (κ3) is 5.80. The van der Waals surface area contributed by atoms with E-state index >= 15 is 0 Å². The van der Waals surface area contributed by atoms with Gasteiger partial charge in [0.15, 0.2) is 0 Å².